The Morgan fingerprint density at radius 2 is 1.92 bits per heavy atom. The molecule has 0 heterocycles. The van der Waals surface area contributed by atoms with E-state index in [4.69, 9.17) is 0 Å². The molecule has 0 aliphatic carbocycles. The van der Waals surface area contributed by atoms with Crippen LogP contribution in [0.25, 0.3) is 0 Å². The van der Waals surface area contributed by atoms with Crippen LogP contribution in [0.1, 0.15) is 18.4 Å². The number of hydrogen-bond acceptors (Lipinski definition) is 1. The van der Waals surface area contributed by atoms with Gasteiger partial charge in [0.15, 0.2) is 0 Å². The first-order valence-electron chi connectivity index (χ1n) is 4.11. The van der Waals surface area contributed by atoms with Crippen LogP contribution >= 0.6 is 0 Å². The summed E-state index contributed by atoms with van der Waals surface area (Å²) in [6.45, 7) is 5.54. The lowest BCUT2D eigenvalue weighted by Gasteiger charge is -2.14. The van der Waals surface area contributed by atoms with Gasteiger partial charge in [-0.2, -0.15) is 0 Å². The van der Waals surface area contributed by atoms with Crippen molar-refractivity contribution in [2.45, 2.75) is 18.9 Å². The Bertz CT molecular complexity index is 240. The quantitative estimate of drug-likeness (QED) is 0.676. The van der Waals surface area contributed by atoms with Gasteiger partial charge in [-0.3, -0.25) is 0 Å². The highest BCUT2D eigenvalue weighted by molar-refractivity contribution is 5.20. The molecule has 1 heteroatoms. The summed E-state index contributed by atoms with van der Waals surface area (Å²) in [4.78, 5) is 0. The second-order valence-corrected chi connectivity index (χ2v) is 2.93. The minimum atomic E-state index is -0.451. The molecule has 0 fully saturated rings. The summed E-state index contributed by atoms with van der Waals surface area (Å²) >= 11 is 0. The molecule has 0 saturated carbocycles. The summed E-state index contributed by atoms with van der Waals surface area (Å²) < 4.78 is 0. The van der Waals surface area contributed by atoms with Crippen molar-refractivity contribution in [1.82, 2.24) is 0 Å². The summed E-state index contributed by atoms with van der Waals surface area (Å²) in [7, 11) is 0. The van der Waals surface area contributed by atoms with Gasteiger partial charge in [-0.1, -0.05) is 43.3 Å². The van der Waals surface area contributed by atoms with Crippen LogP contribution in [0.3, 0.4) is 0 Å². The predicted molar refractivity (Wildman–Crippen MR) is 51.1 cm³/mol. The Hall–Kier alpha value is -1.08. The molecular formula is C11H14O. The number of rotatable bonds is 3. The minimum absolute atomic E-state index is 0.128. The van der Waals surface area contributed by atoms with Gasteiger partial charge in [0.2, 0.25) is 0 Å². The summed E-state index contributed by atoms with van der Waals surface area (Å²) in [6, 6.07) is 9.94. The van der Waals surface area contributed by atoms with Gasteiger partial charge in [-0.05, 0) is 5.56 Å². The molecule has 1 aromatic rings. The van der Waals surface area contributed by atoms with Crippen molar-refractivity contribution in [3.05, 3.63) is 48.6 Å². The largest absolute Gasteiger partial charge is 0.388 e. The lowest BCUT2D eigenvalue weighted by atomic mass is 9.96. The molecule has 12 heavy (non-hydrogen) atoms. The highest BCUT2D eigenvalue weighted by Crippen LogP contribution is 2.18. The zero-order valence-electron chi connectivity index (χ0n) is 7.27. The Labute approximate surface area is 73.4 Å². The highest BCUT2D eigenvalue weighted by Gasteiger charge is 2.11. The molecule has 0 bridgehead atoms. The zero-order chi connectivity index (χ0) is 8.97. The maximum atomic E-state index is 9.46. The van der Waals surface area contributed by atoms with Crippen molar-refractivity contribution in [3.63, 3.8) is 0 Å². The molecule has 0 saturated heterocycles. The maximum absolute atomic E-state index is 9.46. The summed E-state index contributed by atoms with van der Waals surface area (Å²) in [5.41, 5.74) is 1.14. The third-order valence-corrected chi connectivity index (χ3v) is 2.08. The Kier molecular flexibility index (Phi) is 3.06. The second-order valence-electron chi connectivity index (χ2n) is 2.93. The fraction of sp³-hybridized carbons (Fsp3) is 0.273. The van der Waals surface area contributed by atoms with E-state index in [0.29, 0.717) is 0 Å². The molecule has 0 aliphatic rings. The van der Waals surface area contributed by atoms with E-state index < -0.39 is 6.10 Å². The molecule has 0 radical (unpaired) electrons. The first-order chi connectivity index (χ1) is 5.75. The SMILES string of the molecule is C=C[C@@H](O)[C@@H](C)c1ccccc1. The smallest absolute Gasteiger partial charge is 0.0784 e. The Balaban J connectivity index is 2.78. The van der Waals surface area contributed by atoms with Gasteiger partial charge in [-0.15, -0.1) is 6.58 Å². The molecule has 64 valence electrons. The van der Waals surface area contributed by atoms with Gasteiger partial charge >= 0.3 is 0 Å². The molecule has 1 nitrogen and oxygen atoms in total. The number of hydrogen-bond donors (Lipinski definition) is 1. The van der Waals surface area contributed by atoms with Crippen LogP contribution < -0.4 is 0 Å². The molecule has 2 atom stereocenters. The van der Waals surface area contributed by atoms with E-state index in [2.05, 4.69) is 6.58 Å². The Morgan fingerprint density at radius 1 is 1.33 bits per heavy atom. The second kappa shape index (κ2) is 4.07. The standard InChI is InChI=1S/C11H14O/c1-3-11(12)9(2)10-7-5-4-6-8-10/h3-9,11-12H,1H2,2H3/t9-,11+/m0/s1. The van der Waals surface area contributed by atoms with Crippen LogP contribution in [0, 0.1) is 0 Å². The van der Waals surface area contributed by atoms with Gasteiger partial charge in [0.1, 0.15) is 0 Å². The fourth-order valence-electron chi connectivity index (χ4n) is 1.16. The molecule has 0 spiro atoms. The summed E-state index contributed by atoms with van der Waals surface area (Å²) in [5.74, 6) is 0.128. The molecule has 1 N–H and O–H groups in total. The van der Waals surface area contributed by atoms with E-state index in [1.165, 1.54) is 0 Å². The molecule has 0 aliphatic heterocycles. The van der Waals surface area contributed by atoms with Gasteiger partial charge in [0, 0.05) is 5.92 Å². The summed E-state index contributed by atoms with van der Waals surface area (Å²) in [5, 5.41) is 9.46. The molecule has 1 aromatic carbocycles. The predicted octanol–water partition coefficient (Wildman–Crippen LogP) is 2.34. The molecular weight excluding hydrogens is 148 g/mol. The molecule has 0 aromatic heterocycles. The van der Waals surface area contributed by atoms with E-state index in [9.17, 15) is 5.11 Å². The maximum Gasteiger partial charge on any atom is 0.0784 e. The van der Waals surface area contributed by atoms with Crippen molar-refractivity contribution in [1.29, 1.82) is 0 Å². The number of benzene rings is 1. The highest BCUT2D eigenvalue weighted by atomic mass is 16.3. The van der Waals surface area contributed by atoms with E-state index >= 15 is 0 Å². The van der Waals surface area contributed by atoms with Gasteiger partial charge in [-0.25, -0.2) is 0 Å². The number of aliphatic hydroxyl groups excluding tert-OH is 1. The van der Waals surface area contributed by atoms with Gasteiger partial charge < -0.3 is 5.11 Å². The van der Waals surface area contributed by atoms with Crippen molar-refractivity contribution in [2.24, 2.45) is 0 Å². The van der Waals surface area contributed by atoms with Crippen LogP contribution in [-0.4, -0.2) is 11.2 Å². The fourth-order valence-corrected chi connectivity index (χ4v) is 1.16. The van der Waals surface area contributed by atoms with Crippen molar-refractivity contribution in [2.75, 3.05) is 0 Å². The molecule has 1 rings (SSSR count). The normalized spacial score (nSPS) is 15.2. The molecule has 0 amide bonds. The van der Waals surface area contributed by atoms with Gasteiger partial charge in [0.25, 0.3) is 0 Å². The average molecular weight is 162 g/mol. The lowest BCUT2D eigenvalue weighted by molar-refractivity contribution is 0.197. The van der Waals surface area contributed by atoms with Crippen molar-refractivity contribution < 1.29 is 5.11 Å². The van der Waals surface area contributed by atoms with Crippen LogP contribution in [0.5, 0.6) is 0 Å². The lowest BCUT2D eigenvalue weighted by Crippen LogP contribution is -2.11. The third kappa shape index (κ3) is 1.95. The zero-order valence-corrected chi connectivity index (χ0v) is 7.27. The van der Waals surface area contributed by atoms with Crippen molar-refractivity contribution >= 4 is 0 Å². The van der Waals surface area contributed by atoms with Crippen LogP contribution in [0.2, 0.25) is 0 Å². The third-order valence-electron chi connectivity index (χ3n) is 2.08. The van der Waals surface area contributed by atoms with Crippen LogP contribution in [-0.2, 0) is 0 Å². The monoisotopic (exact) mass is 162 g/mol. The van der Waals surface area contributed by atoms with E-state index in [1.54, 1.807) is 6.08 Å². The topological polar surface area (TPSA) is 20.2 Å². The first-order valence-corrected chi connectivity index (χ1v) is 4.11. The minimum Gasteiger partial charge on any atom is -0.388 e. The van der Waals surface area contributed by atoms with E-state index in [1.807, 2.05) is 37.3 Å². The van der Waals surface area contributed by atoms with Crippen molar-refractivity contribution in [3.8, 4) is 0 Å². The van der Waals surface area contributed by atoms with E-state index in [-0.39, 0.29) is 5.92 Å². The van der Waals surface area contributed by atoms with Gasteiger partial charge in [0.05, 0.1) is 6.10 Å². The number of aliphatic hydroxyl groups is 1. The van der Waals surface area contributed by atoms with Crippen LogP contribution in [0.4, 0.5) is 0 Å². The van der Waals surface area contributed by atoms with Crippen LogP contribution in [0.15, 0.2) is 43.0 Å². The molecule has 0 unspecified atom stereocenters. The summed E-state index contributed by atoms with van der Waals surface area (Å²) in [6.07, 6.45) is 1.12. The average Bonchev–Trinajstić information content (AvgIpc) is 2.17. The first kappa shape index (κ1) is 9.01. The Morgan fingerprint density at radius 3 is 2.42 bits per heavy atom. The van der Waals surface area contributed by atoms with E-state index in [0.717, 1.165) is 5.56 Å².